The first-order valence-corrected chi connectivity index (χ1v) is 5.41. The number of nitrogens with two attached hydrogens (primary N) is 1. The van der Waals surface area contributed by atoms with E-state index in [0.29, 0.717) is 11.5 Å². The number of nitrogens with one attached hydrogen (secondary N) is 1. The van der Waals surface area contributed by atoms with Crippen molar-refractivity contribution < 1.29 is 23.8 Å². The molecule has 7 heteroatoms. The zero-order chi connectivity index (χ0) is 14.4. The molecule has 0 radical (unpaired) electrons. The summed E-state index contributed by atoms with van der Waals surface area (Å²) in [7, 11) is 4.13. The van der Waals surface area contributed by atoms with Gasteiger partial charge in [0.1, 0.15) is 0 Å². The third-order valence-electron chi connectivity index (χ3n) is 2.39. The summed E-state index contributed by atoms with van der Waals surface area (Å²) >= 11 is 0. The minimum absolute atomic E-state index is 0.155. The van der Waals surface area contributed by atoms with E-state index >= 15 is 0 Å². The highest BCUT2D eigenvalue weighted by Gasteiger charge is 2.18. The minimum atomic E-state index is -0.603. The predicted octanol–water partition coefficient (Wildman–Crippen LogP) is 0.388. The molecule has 3 N–H and O–H groups in total. The van der Waals surface area contributed by atoms with Crippen molar-refractivity contribution in [1.29, 1.82) is 0 Å². The van der Waals surface area contributed by atoms with E-state index in [0.717, 1.165) is 0 Å². The largest absolute Gasteiger partial charge is 0.493 e. The molecule has 7 nitrogen and oxygen atoms in total. The van der Waals surface area contributed by atoms with E-state index in [1.165, 1.54) is 33.5 Å². The van der Waals surface area contributed by atoms with Gasteiger partial charge in [-0.1, -0.05) is 0 Å². The monoisotopic (exact) mass is 268 g/mol. The molecule has 0 heterocycles. The number of hydrogen-bond donors (Lipinski definition) is 2. The number of rotatable bonds is 5. The van der Waals surface area contributed by atoms with Crippen LogP contribution in [0.2, 0.25) is 0 Å². The summed E-state index contributed by atoms with van der Waals surface area (Å²) in [6.07, 6.45) is 0. The summed E-state index contributed by atoms with van der Waals surface area (Å²) in [5.41, 5.74) is 5.63. The van der Waals surface area contributed by atoms with Gasteiger partial charge in [0, 0.05) is 12.1 Å². The quantitative estimate of drug-likeness (QED) is 0.749. The molecule has 0 aliphatic carbocycles. The Bertz CT molecular complexity index is 487. The molecule has 0 bridgehead atoms. The molecule has 0 aromatic heterocycles. The van der Waals surface area contributed by atoms with Gasteiger partial charge in [-0.2, -0.15) is 0 Å². The van der Waals surface area contributed by atoms with E-state index in [-0.39, 0.29) is 17.8 Å². The summed E-state index contributed by atoms with van der Waals surface area (Å²) < 4.78 is 14.8. The Hall–Kier alpha value is -2.28. The van der Waals surface area contributed by atoms with Crippen LogP contribution in [-0.4, -0.2) is 39.8 Å². The molecule has 0 aliphatic rings. The normalized spacial score (nSPS) is 9.68. The van der Waals surface area contributed by atoms with E-state index in [1.807, 2.05) is 0 Å². The maximum Gasteiger partial charge on any atom is 0.340 e. The smallest absolute Gasteiger partial charge is 0.340 e. The third-order valence-corrected chi connectivity index (χ3v) is 2.39. The molecular formula is C12H16N2O5. The Morgan fingerprint density at radius 2 is 1.74 bits per heavy atom. The van der Waals surface area contributed by atoms with Gasteiger partial charge in [0.15, 0.2) is 11.5 Å². The molecule has 0 spiro atoms. The minimum Gasteiger partial charge on any atom is -0.493 e. The maximum atomic E-state index is 11.7. The fourth-order valence-corrected chi connectivity index (χ4v) is 1.46. The Morgan fingerprint density at radius 1 is 1.16 bits per heavy atom. The molecule has 19 heavy (non-hydrogen) atoms. The van der Waals surface area contributed by atoms with Crippen LogP contribution in [0.15, 0.2) is 12.1 Å². The average molecular weight is 268 g/mol. The predicted molar refractivity (Wildman–Crippen MR) is 68.6 cm³/mol. The number of hydrogen-bond acceptors (Lipinski definition) is 6. The fraction of sp³-hybridized carbons (Fsp3) is 0.333. The van der Waals surface area contributed by atoms with Crippen molar-refractivity contribution in [3.05, 3.63) is 17.7 Å². The van der Waals surface area contributed by atoms with E-state index in [2.05, 4.69) is 10.1 Å². The second-order valence-corrected chi connectivity index (χ2v) is 3.50. The standard InChI is InChI=1S/C12H16N2O5/c1-17-9-4-7(12(16)19-3)8(5-10(9)18-2)14-11(15)6-13/h4-5H,6,13H2,1-3H3,(H,14,15). The first-order chi connectivity index (χ1) is 9.07. The molecule has 0 fully saturated rings. The van der Waals surface area contributed by atoms with Gasteiger partial charge in [-0.15, -0.1) is 0 Å². The number of esters is 1. The molecule has 0 aliphatic heterocycles. The summed E-state index contributed by atoms with van der Waals surface area (Å²) in [5, 5.41) is 2.50. The Kier molecular flexibility index (Phi) is 5.13. The lowest BCUT2D eigenvalue weighted by atomic mass is 10.1. The lowest BCUT2D eigenvalue weighted by Gasteiger charge is -2.14. The van der Waals surface area contributed by atoms with Gasteiger partial charge in [-0.3, -0.25) is 4.79 Å². The highest BCUT2D eigenvalue weighted by Crippen LogP contribution is 2.33. The van der Waals surface area contributed by atoms with Crippen LogP contribution in [0.5, 0.6) is 11.5 Å². The van der Waals surface area contributed by atoms with Crippen molar-refractivity contribution in [3.63, 3.8) is 0 Å². The number of benzene rings is 1. The van der Waals surface area contributed by atoms with Crippen molar-refractivity contribution in [3.8, 4) is 11.5 Å². The van der Waals surface area contributed by atoms with Gasteiger partial charge in [0.05, 0.1) is 39.1 Å². The van der Waals surface area contributed by atoms with Crippen LogP contribution in [0, 0.1) is 0 Å². The first kappa shape index (κ1) is 14.8. The molecule has 0 unspecified atom stereocenters. The number of carbonyl (C=O) groups excluding carboxylic acids is 2. The zero-order valence-electron chi connectivity index (χ0n) is 11.0. The van der Waals surface area contributed by atoms with Gasteiger partial charge in [0.25, 0.3) is 0 Å². The lowest BCUT2D eigenvalue weighted by Crippen LogP contribution is -2.23. The van der Waals surface area contributed by atoms with Gasteiger partial charge in [0.2, 0.25) is 5.91 Å². The molecule has 1 amide bonds. The second-order valence-electron chi connectivity index (χ2n) is 3.50. The van der Waals surface area contributed by atoms with Gasteiger partial charge in [-0.25, -0.2) is 4.79 Å². The molecular weight excluding hydrogens is 252 g/mol. The Morgan fingerprint density at radius 3 is 2.21 bits per heavy atom. The number of ether oxygens (including phenoxy) is 3. The maximum absolute atomic E-state index is 11.7. The number of amides is 1. The third kappa shape index (κ3) is 3.35. The van der Waals surface area contributed by atoms with Gasteiger partial charge in [-0.05, 0) is 0 Å². The van der Waals surface area contributed by atoms with Crippen LogP contribution in [0.3, 0.4) is 0 Å². The number of methoxy groups -OCH3 is 3. The van der Waals surface area contributed by atoms with Crippen molar-refractivity contribution >= 4 is 17.6 Å². The summed E-state index contributed by atoms with van der Waals surface area (Å²) in [4.78, 5) is 23.0. The molecule has 1 aromatic rings. The zero-order valence-corrected chi connectivity index (χ0v) is 11.0. The highest BCUT2D eigenvalue weighted by atomic mass is 16.5. The average Bonchev–Trinajstić information content (AvgIpc) is 2.45. The second kappa shape index (κ2) is 6.60. The SMILES string of the molecule is COC(=O)c1cc(OC)c(OC)cc1NC(=O)CN. The van der Waals surface area contributed by atoms with Crippen molar-refractivity contribution in [2.45, 2.75) is 0 Å². The Balaban J connectivity index is 3.31. The van der Waals surface area contributed by atoms with Crippen LogP contribution in [0.4, 0.5) is 5.69 Å². The van der Waals surface area contributed by atoms with Gasteiger partial charge >= 0.3 is 5.97 Å². The van der Waals surface area contributed by atoms with Gasteiger partial charge < -0.3 is 25.3 Å². The summed E-state index contributed by atoms with van der Waals surface area (Å²) in [6.45, 7) is -0.199. The van der Waals surface area contributed by atoms with E-state index in [1.54, 1.807) is 0 Å². The topological polar surface area (TPSA) is 99.9 Å². The van der Waals surface area contributed by atoms with Crippen LogP contribution < -0.4 is 20.5 Å². The van der Waals surface area contributed by atoms with Crippen molar-refractivity contribution in [2.75, 3.05) is 33.2 Å². The van der Waals surface area contributed by atoms with Crippen molar-refractivity contribution in [2.24, 2.45) is 5.73 Å². The van der Waals surface area contributed by atoms with Crippen molar-refractivity contribution in [1.82, 2.24) is 0 Å². The fourth-order valence-electron chi connectivity index (χ4n) is 1.46. The van der Waals surface area contributed by atoms with Crippen LogP contribution in [0.25, 0.3) is 0 Å². The molecule has 1 rings (SSSR count). The molecule has 0 saturated carbocycles. The van der Waals surface area contributed by atoms with E-state index in [9.17, 15) is 9.59 Å². The first-order valence-electron chi connectivity index (χ1n) is 5.41. The lowest BCUT2D eigenvalue weighted by molar-refractivity contribution is -0.114. The molecule has 0 atom stereocenters. The van der Waals surface area contributed by atoms with Crippen LogP contribution in [-0.2, 0) is 9.53 Å². The number of anilines is 1. The molecule has 0 saturated heterocycles. The highest BCUT2D eigenvalue weighted by molar-refractivity contribution is 6.02. The van der Waals surface area contributed by atoms with Crippen LogP contribution in [0.1, 0.15) is 10.4 Å². The summed E-state index contributed by atoms with van der Waals surface area (Å²) in [6, 6.07) is 2.90. The van der Waals surface area contributed by atoms with Crippen LogP contribution >= 0.6 is 0 Å². The molecule has 1 aromatic carbocycles. The van der Waals surface area contributed by atoms with E-state index < -0.39 is 11.9 Å². The summed E-state index contributed by atoms with van der Waals surface area (Å²) in [5.74, 6) is -0.304. The Labute approximate surface area is 110 Å². The molecule has 104 valence electrons. The van der Waals surface area contributed by atoms with E-state index in [4.69, 9.17) is 15.2 Å². The number of carbonyl (C=O) groups is 2.